The summed E-state index contributed by atoms with van der Waals surface area (Å²) in [4.78, 5) is 25.8. The van der Waals surface area contributed by atoms with Crippen LogP contribution in [0.1, 0.15) is 52.0 Å². The molecule has 27 heavy (non-hydrogen) atoms. The Bertz CT molecular complexity index is 1070. The van der Waals surface area contributed by atoms with Gasteiger partial charge >= 0.3 is 0 Å². The number of aromatic nitrogens is 4. The van der Waals surface area contributed by atoms with E-state index < -0.39 is 0 Å². The fraction of sp³-hybridized carbons (Fsp3) is 0.350. The van der Waals surface area contributed by atoms with Crippen LogP contribution in [-0.2, 0) is 7.05 Å². The number of nitrogens with zero attached hydrogens (tertiary/aromatic N) is 5. The van der Waals surface area contributed by atoms with Crippen molar-refractivity contribution in [3.05, 3.63) is 52.9 Å². The van der Waals surface area contributed by atoms with Gasteiger partial charge in [0.2, 0.25) is 0 Å². The molecule has 7 heteroatoms. The second kappa shape index (κ2) is 6.47. The van der Waals surface area contributed by atoms with Gasteiger partial charge in [-0.15, -0.1) is 0 Å². The minimum Gasteiger partial charge on any atom is -0.340 e. The van der Waals surface area contributed by atoms with Crippen LogP contribution in [0.2, 0.25) is 0 Å². The fourth-order valence-corrected chi connectivity index (χ4v) is 3.36. The quantitative estimate of drug-likeness (QED) is 0.772. The second-order valence-electron chi connectivity index (χ2n) is 7.08. The Labute approximate surface area is 157 Å². The van der Waals surface area contributed by atoms with Gasteiger partial charge in [-0.3, -0.25) is 9.78 Å². The number of carbonyl (C=O) groups excluding carboxylic acids is 1. The van der Waals surface area contributed by atoms with Gasteiger partial charge in [-0.2, -0.15) is 5.26 Å². The summed E-state index contributed by atoms with van der Waals surface area (Å²) in [6.07, 6.45) is 5.18. The standard InChI is InChI=1S/C20H20N6O/c1-11-9-23-15(10-22-11)20(27)25-18(13-4-5-13)19-24-17-12(2)14(8-21)6-7-16(17)26(19)3/h6-7,9-10,13,18H,4-5H2,1-3H3,(H,25,27)/t18-/m0/s1. The summed E-state index contributed by atoms with van der Waals surface area (Å²) in [5.74, 6) is 0.915. The van der Waals surface area contributed by atoms with Crippen molar-refractivity contribution in [2.45, 2.75) is 32.7 Å². The van der Waals surface area contributed by atoms with Crippen LogP contribution in [0.4, 0.5) is 0 Å². The molecule has 3 aromatic rings. The first kappa shape index (κ1) is 17.2. The number of imidazole rings is 1. The predicted octanol–water partition coefficient (Wildman–Crippen LogP) is 2.73. The maximum Gasteiger partial charge on any atom is 0.272 e. The molecule has 2 heterocycles. The molecule has 0 radical (unpaired) electrons. The van der Waals surface area contributed by atoms with Crippen molar-refractivity contribution < 1.29 is 4.79 Å². The summed E-state index contributed by atoms with van der Waals surface area (Å²) in [6.45, 7) is 3.74. The largest absolute Gasteiger partial charge is 0.340 e. The minimum absolute atomic E-state index is 0.192. The van der Waals surface area contributed by atoms with Crippen molar-refractivity contribution in [3.8, 4) is 6.07 Å². The van der Waals surface area contributed by atoms with E-state index in [9.17, 15) is 10.1 Å². The van der Waals surface area contributed by atoms with Crippen LogP contribution in [0.3, 0.4) is 0 Å². The number of nitrogens with one attached hydrogen (secondary N) is 1. The first-order valence-corrected chi connectivity index (χ1v) is 8.95. The summed E-state index contributed by atoms with van der Waals surface area (Å²) in [7, 11) is 1.95. The van der Waals surface area contributed by atoms with Crippen LogP contribution in [0, 0.1) is 31.1 Å². The van der Waals surface area contributed by atoms with E-state index >= 15 is 0 Å². The third-order valence-corrected chi connectivity index (χ3v) is 5.13. The van der Waals surface area contributed by atoms with Crippen molar-refractivity contribution >= 4 is 16.9 Å². The first-order chi connectivity index (χ1) is 13.0. The van der Waals surface area contributed by atoms with E-state index in [0.717, 1.165) is 41.0 Å². The highest BCUT2D eigenvalue weighted by molar-refractivity contribution is 5.92. The van der Waals surface area contributed by atoms with Crippen LogP contribution < -0.4 is 5.32 Å². The molecule has 4 rings (SSSR count). The Morgan fingerprint density at radius 1 is 1.30 bits per heavy atom. The van der Waals surface area contributed by atoms with Gasteiger partial charge in [-0.05, 0) is 50.3 Å². The highest BCUT2D eigenvalue weighted by Crippen LogP contribution is 2.41. The number of aryl methyl sites for hydroxylation is 3. The van der Waals surface area contributed by atoms with E-state index in [0.29, 0.717) is 17.2 Å². The molecule has 136 valence electrons. The van der Waals surface area contributed by atoms with Gasteiger partial charge in [0.25, 0.3) is 5.91 Å². The van der Waals surface area contributed by atoms with Crippen molar-refractivity contribution in [3.63, 3.8) is 0 Å². The number of fused-ring (bicyclic) bond motifs is 1. The normalized spacial score (nSPS) is 14.7. The highest BCUT2D eigenvalue weighted by Gasteiger charge is 2.37. The molecular formula is C20H20N6O. The smallest absolute Gasteiger partial charge is 0.272 e. The molecular weight excluding hydrogens is 340 g/mol. The molecule has 0 spiro atoms. The minimum atomic E-state index is -0.249. The van der Waals surface area contributed by atoms with Crippen molar-refractivity contribution in [2.24, 2.45) is 13.0 Å². The van der Waals surface area contributed by atoms with E-state index in [1.165, 1.54) is 6.20 Å². The molecule has 1 saturated carbocycles. The van der Waals surface area contributed by atoms with Crippen LogP contribution in [0.25, 0.3) is 11.0 Å². The SMILES string of the molecule is Cc1cnc(C(=O)N[C@H](c2nc3c(C)c(C#N)ccc3n2C)C2CC2)cn1. The highest BCUT2D eigenvalue weighted by atomic mass is 16.2. The fourth-order valence-electron chi connectivity index (χ4n) is 3.36. The Morgan fingerprint density at radius 3 is 2.70 bits per heavy atom. The molecule has 1 aliphatic carbocycles. The predicted molar refractivity (Wildman–Crippen MR) is 99.9 cm³/mol. The molecule has 1 atom stereocenters. The van der Waals surface area contributed by atoms with Crippen LogP contribution in [0.5, 0.6) is 0 Å². The van der Waals surface area contributed by atoms with Crippen LogP contribution >= 0.6 is 0 Å². The number of nitriles is 1. The molecule has 0 aliphatic heterocycles. The number of amides is 1. The lowest BCUT2D eigenvalue weighted by atomic mass is 10.1. The van der Waals surface area contributed by atoms with Gasteiger partial charge in [-0.25, -0.2) is 9.97 Å². The van der Waals surface area contributed by atoms with Gasteiger partial charge in [0, 0.05) is 13.2 Å². The lowest BCUT2D eigenvalue weighted by molar-refractivity contribution is 0.0923. The van der Waals surface area contributed by atoms with Gasteiger partial charge in [0.1, 0.15) is 11.5 Å². The van der Waals surface area contributed by atoms with E-state index in [1.54, 1.807) is 6.20 Å². The topological polar surface area (TPSA) is 96.5 Å². The third kappa shape index (κ3) is 3.04. The Morgan fingerprint density at radius 2 is 2.07 bits per heavy atom. The Hall–Kier alpha value is -3.27. The molecule has 1 fully saturated rings. The van der Waals surface area contributed by atoms with Gasteiger partial charge in [0.15, 0.2) is 0 Å². The second-order valence-corrected chi connectivity index (χ2v) is 7.08. The molecule has 1 amide bonds. The summed E-state index contributed by atoms with van der Waals surface area (Å²) >= 11 is 0. The molecule has 1 aromatic carbocycles. The zero-order chi connectivity index (χ0) is 19.1. The van der Waals surface area contributed by atoms with E-state index in [1.807, 2.05) is 37.6 Å². The first-order valence-electron chi connectivity index (χ1n) is 8.95. The molecule has 0 bridgehead atoms. The van der Waals surface area contributed by atoms with Crippen LogP contribution in [-0.4, -0.2) is 25.4 Å². The summed E-state index contributed by atoms with van der Waals surface area (Å²) in [5.41, 5.74) is 4.31. The monoisotopic (exact) mass is 360 g/mol. The average molecular weight is 360 g/mol. The molecule has 2 aromatic heterocycles. The number of rotatable bonds is 4. The van der Waals surface area contributed by atoms with Crippen molar-refractivity contribution in [1.82, 2.24) is 24.8 Å². The molecule has 1 N–H and O–H groups in total. The third-order valence-electron chi connectivity index (χ3n) is 5.13. The zero-order valence-corrected chi connectivity index (χ0v) is 15.5. The van der Waals surface area contributed by atoms with Crippen molar-refractivity contribution in [2.75, 3.05) is 0 Å². The zero-order valence-electron chi connectivity index (χ0n) is 15.5. The van der Waals surface area contributed by atoms with Gasteiger partial charge in [0.05, 0.1) is 40.6 Å². The van der Waals surface area contributed by atoms with Crippen LogP contribution in [0.15, 0.2) is 24.5 Å². The maximum atomic E-state index is 12.7. The van der Waals surface area contributed by atoms with Gasteiger partial charge < -0.3 is 9.88 Å². The lowest BCUT2D eigenvalue weighted by Crippen LogP contribution is -2.32. The number of carbonyl (C=O) groups is 1. The van der Waals surface area contributed by atoms with E-state index in [2.05, 4.69) is 21.4 Å². The lowest BCUT2D eigenvalue weighted by Gasteiger charge is -2.18. The Kier molecular flexibility index (Phi) is 4.11. The Balaban J connectivity index is 1.71. The number of benzene rings is 1. The maximum absolute atomic E-state index is 12.7. The average Bonchev–Trinajstić information content (AvgIpc) is 3.45. The van der Waals surface area contributed by atoms with E-state index in [-0.39, 0.29) is 11.9 Å². The molecule has 0 unspecified atom stereocenters. The summed E-state index contributed by atoms with van der Waals surface area (Å²) in [5, 5.41) is 12.4. The van der Waals surface area contributed by atoms with Crippen molar-refractivity contribution in [1.29, 1.82) is 5.26 Å². The molecule has 1 aliphatic rings. The number of hydrogen-bond donors (Lipinski definition) is 1. The number of hydrogen-bond acceptors (Lipinski definition) is 5. The van der Waals surface area contributed by atoms with E-state index in [4.69, 9.17) is 4.98 Å². The summed E-state index contributed by atoms with van der Waals surface area (Å²) < 4.78 is 2.01. The molecule has 0 saturated heterocycles. The van der Waals surface area contributed by atoms with Gasteiger partial charge in [-0.1, -0.05) is 0 Å². The molecule has 7 nitrogen and oxygen atoms in total. The summed E-state index contributed by atoms with van der Waals surface area (Å²) in [6, 6.07) is 5.74.